The van der Waals surface area contributed by atoms with Crippen molar-refractivity contribution in [2.24, 2.45) is 0 Å². The van der Waals surface area contributed by atoms with Gasteiger partial charge in [0.2, 0.25) is 0 Å². The lowest BCUT2D eigenvalue weighted by atomic mass is 9.95. The molecule has 23 heavy (non-hydrogen) atoms. The minimum atomic E-state index is -0.271. The van der Waals surface area contributed by atoms with Gasteiger partial charge >= 0.3 is 5.97 Å². The molecule has 0 spiro atoms. The molecule has 1 aromatic rings. The Bertz CT molecular complexity index is 517. The van der Waals surface area contributed by atoms with Gasteiger partial charge < -0.3 is 14.8 Å². The van der Waals surface area contributed by atoms with Crippen LogP contribution in [0.15, 0.2) is 30.3 Å². The molecule has 3 atom stereocenters. The fourth-order valence-electron chi connectivity index (χ4n) is 2.85. The van der Waals surface area contributed by atoms with Crippen LogP contribution in [0.3, 0.4) is 0 Å². The summed E-state index contributed by atoms with van der Waals surface area (Å²) >= 11 is 0. The van der Waals surface area contributed by atoms with Gasteiger partial charge in [0.25, 0.3) is 5.91 Å². The maximum atomic E-state index is 12.0. The lowest BCUT2D eigenvalue weighted by molar-refractivity contribution is -0.153. The summed E-state index contributed by atoms with van der Waals surface area (Å²) in [6.45, 7) is 1.81. The molecule has 1 aromatic carbocycles. The van der Waals surface area contributed by atoms with Gasteiger partial charge in [0, 0.05) is 25.1 Å². The van der Waals surface area contributed by atoms with Crippen molar-refractivity contribution >= 4 is 11.9 Å². The Morgan fingerprint density at radius 2 is 1.91 bits per heavy atom. The van der Waals surface area contributed by atoms with Gasteiger partial charge in [-0.05, 0) is 38.3 Å². The fourth-order valence-corrected chi connectivity index (χ4v) is 2.85. The van der Waals surface area contributed by atoms with E-state index >= 15 is 0 Å². The molecule has 0 heterocycles. The van der Waals surface area contributed by atoms with Gasteiger partial charge in [0.15, 0.2) is 0 Å². The van der Waals surface area contributed by atoms with Crippen LogP contribution in [0, 0.1) is 0 Å². The van der Waals surface area contributed by atoms with Crippen LogP contribution in [0.5, 0.6) is 0 Å². The van der Waals surface area contributed by atoms with E-state index in [2.05, 4.69) is 5.32 Å². The zero-order chi connectivity index (χ0) is 16.7. The summed E-state index contributed by atoms with van der Waals surface area (Å²) in [6, 6.07) is 8.69. The van der Waals surface area contributed by atoms with E-state index in [0.29, 0.717) is 5.56 Å². The van der Waals surface area contributed by atoms with Crippen molar-refractivity contribution in [2.75, 3.05) is 7.11 Å². The molecule has 5 heteroatoms. The molecule has 0 unspecified atom stereocenters. The van der Waals surface area contributed by atoms with Crippen molar-refractivity contribution in [3.63, 3.8) is 0 Å². The zero-order valence-electron chi connectivity index (χ0n) is 13.8. The number of ether oxygens (including phenoxy) is 2. The Morgan fingerprint density at radius 3 is 2.61 bits per heavy atom. The second kappa shape index (κ2) is 8.67. The number of esters is 1. The molecular weight excluding hydrogens is 294 g/mol. The van der Waals surface area contributed by atoms with Crippen molar-refractivity contribution in [3.8, 4) is 0 Å². The lowest BCUT2D eigenvalue weighted by Crippen LogP contribution is -2.36. The van der Waals surface area contributed by atoms with Crippen molar-refractivity contribution in [3.05, 3.63) is 35.9 Å². The van der Waals surface area contributed by atoms with Crippen LogP contribution in [0.2, 0.25) is 0 Å². The van der Waals surface area contributed by atoms with Crippen LogP contribution in [-0.4, -0.2) is 37.2 Å². The lowest BCUT2D eigenvalue weighted by Gasteiger charge is -2.28. The first-order valence-corrected chi connectivity index (χ1v) is 8.16. The van der Waals surface area contributed by atoms with E-state index in [0.717, 1.165) is 25.7 Å². The van der Waals surface area contributed by atoms with E-state index in [1.165, 1.54) is 0 Å². The minimum Gasteiger partial charge on any atom is -0.462 e. The van der Waals surface area contributed by atoms with Crippen molar-refractivity contribution in [1.82, 2.24) is 5.32 Å². The number of nitrogens with one attached hydrogen (secondary N) is 1. The summed E-state index contributed by atoms with van der Waals surface area (Å²) in [4.78, 5) is 24.0. The highest BCUT2D eigenvalue weighted by atomic mass is 16.5. The third kappa shape index (κ3) is 5.67. The Labute approximate surface area is 137 Å². The molecule has 1 amide bonds. The minimum absolute atomic E-state index is 0.0711. The van der Waals surface area contributed by atoms with Crippen LogP contribution in [0.4, 0.5) is 0 Å². The number of hydrogen-bond donors (Lipinski definition) is 1. The van der Waals surface area contributed by atoms with Crippen LogP contribution in [-0.2, 0) is 14.3 Å². The van der Waals surface area contributed by atoms with E-state index in [1.54, 1.807) is 26.2 Å². The molecule has 5 nitrogen and oxygen atoms in total. The molecule has 1 fully saturated rings. The highest BCUT2D eigenvalue weighted by molar-refractivity contribution is 5.94. The quantitative estimate of drug-likeness (QED) is 0.819. The Kier molecular flexibility index (Phi) is 6.59. The molecule has 2 rings (SSSR count). The highest BCUT2D eigenvalue weighted by Gasteiger charge is 2.25. The molecular formula is C18H25NO4. The van der Waals surface area contributed by atoms with Crippen molar-refractivity contribution < 1.29 is 19.1 Å². The number of benzene rings is 1. The van der Waals surface area contributed by atoms with E-state index in [-0.39, 0.29) is 36.5 Å². The second-order valence-electron chi connectivity index (χ2n) is 6.08. The first-order chi connectivity index (χ1) is 11.1. The molecule has 0 bridgehead atoms. The molecule has 1 aliphatic rings. The second-order valence-corrected chi connectivity index (χ2v) is 6.08. The van der Waals surface area contributed by atoms with Gasteiger partial charge in [-0.2, -0.15) is 0 Å². The van der Waals surface area contributed by atoms with Gasteiger partial charge in [0.05, 0.1) is 12.5 Å². The van der Waals surface area contributed by atoms with E-state index in [4.69, 9.17) is 9.47 Å². The van der Waals surface area contributed by atoms with Gasteiger partial charge in [0.1, 0.15) is 6.10 Å². The zero-order valence-corrected chi connectivity index (χ0v) is 13.8. The van der Waals surface area contributed by atoms with Crippen LogP contribution in [0.25, 0.3) is 0 Å². The molecule has 0 saturated heterocycles. The average Bonchev–Trinajstić information content (AvgIpc) is 2.55. The molecule has 1 saturated carbocycles. The number of amides is 1. The first-order valence-electron chi connectivity index (χ1n) is 8.16. The normalized spacial score (nSPS) is 22.2. The predicted molar refractivity (Wildman–Crippen MR) is 87.1 cm³/mol. The van der Waals surface area contributed by atoms with Crippen LogP contribution < -0.4 is 5.32 Å². The maximum absolute atomic E-state index is 12.0. The van der Waals surface area contributed by atoms with Crippen molar-refractivity contribution in [2.45, 2.75) is 57.3 Å². The van der Waals surface area contributed by atoms with Gasteiger partial charge in [-0.25, -0.2) is 0 Å². The smallest absolute Gasteiger partial charge is 0.308 e. The van der Waals surface area contributed by atoms with Crippen LogP contribution in [0.1, 0.15) is 49.4 Å². The molecule has 0 radical (unpaired) electrons. The van der Waals surface area contributed by atoms with Crippen molar-refractivity contribution in [1.29, 1.82) is 0 Å². The topological polar surface area (TPSA) is 64.6 Å². The largest absolute Gasteiger partial charge is 0.462 e. The number of rotatable bonds is 6. The molecule has 1 aliphatic carbocycles. The average molecular weight is 319 g/mol. The van der Waals surface area contributed by atoms with E-state index in [1.807, 2.05) is 18.2 Å². The fraction of sp³-hybridized carbons (Fsp3) is 0.556. The first kappa shape index (κ1) is 17.5. The van der Waals surface area contributed by atoms with Gasteiger partial charge in [-0.3, -0.25) is 9.59 Å². The molecule has 126 valence electrons. The molecule has 0 aromatic heterocycles. The summed E-state index contributed by atoms with van der Waals surface area (Å²) in [5.41, 5.74) is 0.586. The Balaban J connectivity index is 1.75. The van der Waals surface area contributed by atoms with E-state index in [9.17, 15) is 9.59 Å². The summed E-state index contributed by atoms with van der Waals surface area (Å²) in [7, 11) is 1.69. The predicted octanol–water partition coefficient (Wildman–Crippen LogP) is 2.70. The SMILES string of the molecule is CO[C@@H]1CCC[C@@H](OC(=O)C[C@H](C)NC(=O)c2ccccc2)C1. The Hall–Kier alpha value is -1.88. The third-order valence-electron chi connectivity index (χ3n) is 4.10. The molecule has 1 N–H and O–H groups in total. The number of hydrogen-bond acceptors (Lipinski definition) is 4. The van der Waals surface area contributed by atoms with E-state index < -0.39 is 0 Å². The number of methoxy groups -OCH3 is 1. The standard InChI is InChI=1S/C18H25NO4/c1-13(19-18(21)14-7-4-3-5-8-14)11-17(20)23-16-10-6-9-15(12-16)22-2/h3-5,7-8,13,15-16H,6,9-12H2,1-2H3,(H,19,21)/t13-,15+,16+/m0/s1. The number of carbonyl (C=O) groups is 2. The monoisotopic (exact) mass is 319 g/mol. The summed E-state index contributed by atoms with van der Waals surface area (Å²) < 4.78 is 10.8. The summed E-state index contributed by atoms with van der Waals surface area (Å²) in [6.07, 6.45) is 3.95. The summed E-state index contributed by atoms with van der Waals surface area (Å²) in [5.74, 6) is -0.448. The third-order valence-corrected chi connectivity index (χ3v) is 4.10. The number of carbonyl (C=O) groups excluding carboxylic acids is 2. The van der Waals surface area contributed by atoms with Crippen LogP contribution >= 0.6 is 0 Å². The Morgan fingerprint density at radius 1 is 1.22 bits per heavy atom. The maximum Gasteiger partial charge on any atom is 0.308 e. The van der Waals surface area contributed by atoms with Gasteiger partial charge in [-0.1, -0.05) is 18.2 Å². The van der Waals surface area contributed by atoms with Gasteiger partial charge in [-0.15, -0.1) is 0 Å². The highest BCUT2D eigenvalue weighted by Crippen LogP contribution is 2.23. The molecule has 0 aliphatic heterocycles. The summed E-state index contributed by atoms with van der Waals surface area (Å²) in [5, 5.41) is 2.82.